The molecule has 1 aliphatic rings. The van der Waals surface area contributed by atoms with Crippen molar-refractivity contribution in [1.82, 2.24) is 9.88 Å². The lowest BCUT2D eigenvalue weighted by molar-refractivity contribution is -0.143. The summed E-state index contributed by atoms with van der Waals surface area (Å²) in [5.41, 5.74) is 1.34. The predicted molar refractivity (Wildman–Crippen MR) is 78.1 cm³/mol. The van der Waals surface area contributed by atoms with Gasteiger partial charge in [-0.3, -0.25) is 9.78 Å². The van der Waals surface area contributed by atoms with Crippen molar-refractivity contribution >= 4 is 22.8 Å². The van der Waals surface area contributed by atoms with Gasteiger partial charge in [-0.05, 0) is 43.5 Å². The van der Waals surface area contributed by atoms with Crippen LogP contribution in [-0.2, 0) is 4.79 Å². The molecule has 3 rings (SSSR count). The average Bonchev–Trinajstić information content (AvgIpc) is 2.53. The van der Waals surface area contributed by atoms with Crippen molar-refractivity contribution < 1.29 is 14.7 Å². The van der Waals surface area contributed by atoms with E-state index < -0.39 is 12.0 Å². The first kappa shape index (κ1) is 13.5. The summed E-state index contributed by atoms with van der Waals surface area (Å²) in [6, 6.07) is 8.28. The van der Waals surface area contributed by atoms with Gasteiger partial charge in [0.15, 0.2) is 0 Å². The van der Waals surface area contributed by atoms with E-state index in [1.807, 2.05) is 12.1 Å². The van der Waals surface area contributed by atoms with Gasteiger partial charge in [0, 0.05) is 23.7 Å². The van der Waals surface area contributed by atoms with Gasteiger partial charge in [0.2, 0.25) is 0 Å². The predicted octanol–water partition coefficient (Wildman–Crippen LogP) is 2.31. The highest BCUT2D eigenvalue weighted by atomic mass is 16.4. The maximum atomic E-state index is 12.6. The van der Waals surface area contributed by atoms with Crippen LogP contribution < -0.4 is 0 Å². The van der Waals surface area contributed by atoms with Gasteiger partial charge in [-0.15, -0.1) is 0 Å². The second-order valence-corrected chi connectivity index (χ2v) is 5.26. The fraction of sp³-hybridized carbons (Fsp3) is 0.312. The van der Waals surface area contributed by atoms with Gasteiger partial charge in [-0.2, -0.15) is 0 Å². The van der Waals surface area contributed by atoms with Crippen LogP contribution in [0, 0.1) is 0 Å². The van der Waals surface area contributed by atoms with Crippen molar-refractivity contribution in [3.8, 4) is 0 Å². The first-order valence-electron chi connectivity index (χ1n) is 7.05. The molecule has 1 atom stereocenters. The van der Waals surface area contributed by atoms with E-state index in [9.17, 15) is 14.7 Å². The van der Waals surface area contributed by atoms with E-state index in [1.54, 1.807) is 24.4 Å². The number of carboxylic acids is 1. The van der Waals surface area contributed by atoms with Gasteiger partial charge in [0.05, 0.1) is 5.52 Å². The van der Waals surface area contributed by atoms with Gasteiger partial charge in [-0.25, -0.2) is 4.79 Å². The summed E-state index contributed by atoms with van der Waals surface area (Å²) in [6.45, 7) is 0.501. The number of amides is 1. The number of piperidine rings is 1. The topological polar surface area (TPSA) is 70.5 Å². The molecule has 1 aromatic carbocycles. The van der Waals surface area contributed by atoms with Gasteiger partial charge >= 0.3 is 5.97 Å². The molecular weight excluding hydrogens is 268 g/mol. The molecule has 5 heteroatoms. The maximum Gasteiger partial charge on any atom is 0.326 e. The number of hydrogen-bond acceptors (Lipinski definition) is 3. The summed E-state index contributed by atoms with van der Waals surface area (Å²) in [5.74, 6) is -1.14. The highest BCUT2D eigenvalue weighted by Crippen LogP contribution is 2.21. The number of likely N-dealkylation sites (tertiary alicyclic amines) is 1. The van der Waals surface area contributed by atoms with Crippen molar-refractivity contribution in [2.45, 2.75) is 25.3 Å². The van der Waals surface area contributed by atoms with E-state index in [2.05, 4.69) is 4.98 Å². The molecule has 108 valence electrons. The molecule has 1 aromatic heterocycles. The quantitative estimate of drug-likeness (QED) is 0.918. The van der Waals surface area contributed by atoms with E-state index in [4.69, 9.17) is 0 Å². The minimum absolute atomic E-state index is 0.215. The zero-order chi connectivity index (χ0) is 14.8. The van der Waals surface area contributed by atoms with Gasteiger partial charge < -0.3 is 10.0 Å². The molecule has 0 saturated carbocycles. The van der Waals surface area contributed by atoms with Crippen molar-refractivity contribution in [3.05, 3.63) is 42.1 Å². The molecule has 5 nitrogen and oxygen atoms in total. The second kappa shape index (κ2) is 5.52. The minimum Gasteiger partial charge on any atom is -0.480 e. The fourth-order valence-corrected chi connectivity index (χ4v) is 2.81. The summed E-state index contributed by atoms with van der Waals surface area (Å²) < 4.78 is 0. The zero-order valence-corrected chi connectivity index (χ0v) is 11.5. The normalized spacial score (nSPS) is 18.7. The lowest BCUT2D eigenvalue weighted by Gasteiger charge is -2.33. The van der Waals surface area contributed by atoms with Crippen molar-refractivity contribution in [2.24, 2.45) is 0 Å². The summed E-state index contributed by atoms with van der Waals surface area (Å²) in [4.78, 5) is 29.6. The van der Waals surface area contributed by atoms with E-state index in [1.165, 1.54) is 4.90 Å². The van der Waals surface area contributed by atoms with Crippen LogP contribution in [0.15, 0.2) is 36.5 Å². The first-order chi connectivity index (χ1) is 10.2. The molecule has 1 aliphatic heterocycles. The van der Waals surface area contributed by atoms with Crippen LogP contribution in [0.5, 0.6) is 0 Å². The number of aliphatic carboxylic acids is 1. The Morgan fingerprint density at radius 3 is 2.90 bits per heavy atom. The van der Waals surface area contributed by atoms with Crippen LogP contribution in [0.4, 0.5) is 0 Å². The van der Waals surface area contributed by atoms with E-state index >= 15 is 0 Å². The SMILES string of the molecule is O=C(O)[C@@H]1CCCCN1C(=O)c1ccc2ncccc2c1. The Labute approximate surface area is 122 Å². The molecule has 21 heavy (non-hydrogen) atoms. The van der Waals surface area contributed by atoms with Crippen LogP contribution in [0.3, 0.4) is 0 Å². The molecule has 1 N–H and O–H groups in total. The first-order valence-corrected chi connectivity index (χ1v) is 7.05. The third kappa shape index (κ3) is 2.59. The minimum atomic E-state index is -0.925. The molecule has 0 bridgehead atoms. The summed E-state index contributed by atoms with van der Waals surface area (Å²) in [5, 5.41) is 10.2. The van der Waals surface area contributed by atoms with Gasteiger partial charge in [-0.1, -0.05) is 6.07 Å². The molecule has 0 unspecified atom stereocenters. The third-order valence-electron chi connectivity index (χ3n) is 3.90. The Morgan fingerprint density at radius 2 is 2.10 bits per heavy atom. The van der Waals surface area contributed by atoms with Crippen molar-refractivity contribution in [1.29, 1.82) is 0 Å². The standard InChI is InChI=1S/C16H16N2O3/c19-15(18-9-2-1-5-14(18)16(20)21)12-6-7-13-11(10-12)4-3-8-17-13/h3-4,6-8,10,14H,1-2,5,9H2,(H,20,21)/t14-/m0/s1. The molecule has 0 spiro atoms. The fourth-order valence-electron chi connectivity index (χ4n) is 2.81. The van der Waals surface area contributed by atoms with E-state index in [-0.39, 0.29) is 5.91 Å². The lowest BCUT2D eigenvalue weighted by Crippen LogP contribution is -2.47. The maximum absolute atomic E-state index is 12.6. The monoisotopic (exact) mass is 284 g/mol. The Kier molecular flexibility index (Phi) is 3.56. The number of carbonyl (C=O) groups excluding carboxylic acids is 1. The van der Waals surface area contributed by atoms with Crippen molar-refractivity contribution in [3.63, 3.8) is 0 Å². The number of nitrogens with zero attached hydrogens (tertiary/aromatic N) is 2. The number of rotatable bonds is 2. The van der Waals surface area contributed by atoms with Gasteiger partial charge in [0.1, 0.15) is 6.04 Å². The van der Waals surface area contributed by atoms with Crippen LogP contribution in [0.25, 0.3) is 10.9 Å². The van der Waals surface area contributed by atoms with E-state index in [0.29, 0.717) is 18.5 Å². The Hall–Kier alpha value is -2.43. The number of carboxylic acid groups (broad SMARTS) is 1. The number of fused-ring (bicyclic) bond motifs is 1. The van der Waals surface area contributed by atoms with Crippen LogP contribution in [0.2, 0.25) is 0 Å². The Balaban J connectivity index is 1.93. The Morgan fingerprint density at radius 1 is 1.24 bits per heavy atom. The number of pyridine rings is 1. The molecule has 1 saturated heterocycles. The van der Waals surface area contributed by atoms with Crippen LogP contribution in [0.1, 0.15) is 29.6 Å². The molecular formula is C16H16N2O3. The summed E-state index contributed by atoms with van der Waals surface area (Å²) >= 11 is 0. The highest BCUT2D eigenvalue weighted by Gasteiger charge is 2.32. The van der Waals surface area contributed by atoms with Crippen LogP contribution >= 0.6 is 0 Å². The Bertz CT molecular complexity index is 699. The number of carbonyl (C=O) groups is 2. The van der Waals surface area contributed by atoms with Gasteiger partial charge in [0.25, 0.3) is 5.91 Å². The molecule has 1 fully saturated rings. The summed E-state index contributed by atoms with van der Waals surface area (Å²) in [6.07, 6.45) is 3.93. The second-order valence-electron chi connectivity index (χ2n) is 5.26. The molecule has 2 heterocycles. The van der Waals surface area contributed by atoms with E-state index in [0.717, 1.165) is 23.7 Å². The third-order valence-corrected chi connectivity index (χ3v) is 3.90. The number of hydrogen-bond donors (Lipinski definition) is 1. The largest absolute Gasteiger partial charge is 0.480 e. The highest BCUT2D eigenvalue weighted by molar-refractivity contribution is 5.99. The van der Waals surface area contributed by atoms with Crippen molar-refractivity contribution in [2.75, 3.05) is 6.54 Å². The molecule has 1 amide bonds. The average molecular weight is 284 g/mol. The molecule has 0 radical (unpaired) electrons. The molecule has 2 aromatic rings. The zero-order valence-electron chi connectivity index (χ0n) is 11.5. The van der Waals surface area contributed by atoms with Crippen LogP contribution in [-0.4, -0.2) is 39.5 Å². The summed E-state index contributed by atoms with van der Waals surface area (Å²) in [7, 11) is 0. The molecule has 0 aliphatic carbocycles. The smallest absolute Gasteiger partial charge is 0.326 e. The number of aromatic nitrogens is 1. The number of benzene rings is 1. The lowest BCUT2D eigenvalue weighted by atomic mass is 10.0.